The number of nitrogens with two attached hydrogens (primary N) is 1. The first kappa shape index (κ1) is 14.9. The Morgan fingerprint density at radius 1 is 1.11 bits per heavy atom. The molecule has 0 amide bonds. The summed E-state index contributed by atoms with van der Waals surface area (Å²) in [5, 5.41) is 0.440. The van der Waals surface area contributed by atoms with Crippen LogP contribution in [0.2, 0.25) is 5.02 Å². The minimum absolute atomic E-state index is 0.167. The first-order valence-corrected chi connectivity index (χ1v) is 7.21. The van der Waals surface area contributed by atoms with Crippen LogP contribution in [0.25, 0.3) is 0 Å². The van der Waals surface area contributed by atoms with Crippen LogP contribution in [0.1, 0.15) is 17.2 Å². The lowest BCUT2D eigenvalue weighted by Crippen LogP contribution is -2.16. The molecule has 0 aliphatic carbocycles. The van der Waals surface area contributed by atoms with Gasteiger partial charge < -0.3 is 5.73 Å². The molecule has 0 heterocycles. The number of hydrogen-bond acceptors (Lipinski definition) is 1. The van der Waals surface area contributed by atoms with Gasteiger partial charge in [-0.05, 0) is 51.8 Å². The van der Waals surface area contributed by atoms with Gasteiger partial charge in [-0.3, -0.25) is 0 Å². The van der Waals surface area contributed by atoms with Crippen LogP contribution in [0.15, 0.2) is 39.3 Å². The van der Waals surface area contributed by atoms with Crippen molar-refractivity contribution in [1.29, 1.82) is 0 Å². The maximum absolute atomic E-state index is 14.0. The molecular formula is C13H8Br2ClF2N. The number of benzene rings is 2. The molecule has 0 spiro atoms. The van der Waals surface area contributed by atoms with Crippen LogP contribution in [0.4, 0.5) is 8.78 Å². The zero-order chi connectivity index (χ0) is 14.2. The van der Waals surface area contributed by atoms with Crippen LogP contribution in [0.5, 0.6) is 0 Å². The lowest BCUT2D eigenvalue weighted by Gasteiger charge is -2.16. The van der Waals surface area contributed by atoms with Gasteiger partial charge in [-0.25, -0.2) is 8.78 Å². The van der Waals surface area contributed by atoms with E-state index in [1.165, 1.54) is 12.1 Å². The number of rotatable bonds is 2. The molecule has 19 heavy (non-hydrogen) atoms. The van der Waals surface area contributed by atoms with Crippen LogP contribution >= 0.6 is 43.5 Å². The highest BCUT2D eigenvalue weighted by Crippen LogP contribution is 2.31. The van der Waals surface area contributed by atoms with Crippen LogP contribution in [-0.4, -0.2) is 0 Å². The van der Waals surface area contributed by atoms with E-state index >= 15 is 0 Å². The van der Waals surface area contributed by atoms with Crippen LogP contribution in [0, 0.1) is 11.6 Å². The lowest BCUT2D eigenvalue weighted by molar-refractivity contribution is 0.539. The van der Waals surface area contributed by atoms with Crippen molar-refractivity contribution >= 4 is 43.5 Å². The van der Waals surface area contributed by atoms with Gasteiger partial charge in [0.2, 0.25) is 0 Å². The molecule has 0 radical (unpaired) electrons. The minimum Gasteiger partial charge on any atom is -0.320 e. The average Bonchev–Trinajstić information content (AvgIpc) is 2.33. The van der Waals surface area contributed by atoms with E-state index in [0.29, 0.717) is 15.1 Å². The van der Waals surface area contributed by atoms with Gasteiger partial charge in [-0.1, -0.05) is 27.5 Å². The molecule has 0 aliphatic rings. The summed E-state index contributed by atoms with van der Waals surface area (Å²) in [6.07, 6.45) is 0. The summed E-state index contributed by atoms with van der Waals surface area (Å²) in [4.78, 5) is 0. The Morgan fingerprint density at radius 2 is 1.79 bits per heavy atom. The predicted molar refractivity (Wildman–Crippen MR) is 79.2 cm³/mol. The second-order valence-electron chi connectivity index (χ2n) is 3.94. The molecule has 0 saturated carbocycles. The Labute approximate surface area is 131 Å². The molecule has 6 heteroatoms. The summed E-state index contributed by atoms with van der Waals surface area (Å²) < 4.78 is 28.6. The van der Waals surface area contributed by atoms with Gasteiger partial charge >= 0.3 is 0 Å². The van der Waals surface area contributed by atoms with Gasteiger partial charge in [-0.2, -0.15) is 0 Å². The van der Waals surface area contributed by atoms with Crippen molar-refractivity contribution < 1.29 is 8.78 Å². The minimum atomic E-state index is -0.937. The molecule has 2 aromatic carbocycles. The highest BCUT2D eigenvalue weighted by Gasteiger charge is 2.21. The predicted octanol–water partition coefficient (Wildman–Crippen LogP) is 5.19. The molecule has 100 valence electrons. The fourth-order valence-electron chi connectivity index (χ4n) is 1.75. The van der Waals surface area contributed by atoms with Gasteiger partial charge in [0, 0.05) is 15.1 Å². The zero-order valence-electron chi connectivity index (χ0n) is 9.43. The summed E-state index contributed by atoms with van der Waals surface area (Å²) in [6.45, 7) is 0. The van der Waals surface area contributed by atoms with Crippen molar-refractivity contribution in [3.63, 3.8) is 0 Å². The highest BCUT2D eigenvalue weighted by molar-refractivity contribution is 9.10. The highest BCUT2D eigenvalue weighted by atomic mass is 79.9. The Balaban J connectivity index is 2.55. The molecule has 2 aromatic rings. The third kappa shape index (κ3) is 3.16. The Bertz CT molecular complexity index is 614. The number of hydrogen-bond donors (Lipinski definition) is 1. The van der Waals surface area contributed by atoms with Crippen LogP contribution in [-0.2, 0) is 0 Å². The summed E-state index contributed by atoms with van der Waals surface area (Å²) in [6, 6.07) is 6.46. The van der Waals surface area contributed by atoms with E-state index in [0.717, 1.165) is 0 Å². The molecule has 1 nitrogen and oxygen atoms in total. The molecule has 0 bridgehead atoms. The van der Waals surface area contributed by atoms with Crippen molar-refractivity contribution in [2.45, 2.75) is 6.04 Å². The van der Waals surface area contributed by atoms with E-state index in [9.17, 15) is 8.78 Å². The average molecular weight is 411 g/mol. The van der Waals surface area contributed by atoms with Crippen molar-refractivity contribution in [1.82, 2.24) is 0 Å². The van der Waals surface area contributed by atoms with Gasteiger partial charge in [0.25, 0.3) is 0 Å². The third-order valence-electron chi connectivity index (χ3n) is 2.63. The molecule has 2 rings (SSSR count). The summed E-state index contributed by atoms with van der Waals surface area (Å²) in [5.74, 6) is -1.40. The third-order valence-corrected chi connectivity index (χ3v) is 3.92. The van der Waals surface area contributed by atoms with Crippen LogP contribution < -0.4 is 5.73 Å². The van der Waals surface area contributed by atoms with Gasteiger partial charge in [0.15, 0.2) is 0 Å². The van der Waals surface area contributed by atoms with E-state index in [2.05, 4.69) is 31.9 Å². The Kier molecular flexibility index (Phi) is 4.61. The maximum Gasteiger partial charge on any atom is 0.145 e. The standard InChI is InChI=1S/C13H8Br2ClF2N/c14-7-3-6(4-8(16)5-7)13(19)11-10(17)2-1-9(15)12(11)18/h1-5,13H,19H2. The van der Waals surface area contributed by atoms with Crippen LogP contribution in [0.3, 0.4) is 0 Å². The molecule has 1 atom stereocenters. The van der Waals surface area contributed by atoms with Gasteiger partial charge in [-0.15, -0.1) is 0 Å². The molecule has 0 saturated heterocycles. The number of halogens is 5. The molecule has 2 N–H and O–H groups in total. The van der Waals surface area contributed by atoms with E-state index in [4.69, 9.17) is 17.3 Å². The van der Waals surface area contributed by atoms with Gasteiger partial charge in [0.1, 0.15) is 11.6 Å². The van der Waals surface area contributed by atoms with Gasteiger partial charge in [0.05, 0.1) is 10.5 Å². The summed E-state index contributed by atoms with van der Waals surface area (Å²) in [5.41, 5.74) is 6.28. The maximum atomic E-state index is 14.0. The van der Waals surface area contributed by atoms with E-state index in [-0.39, 0.29) is 10.0 Å². The molecule has 0 fully saturated rings. The topological polar surface area (TPSA) is 26.0 Å². The first-order chi connectivity index (χ1) is 8.90. The zero-order valence-corrected chi connectivity index (χ0v) is 13.4. The molecule has 0 aliphatic heterocycles. The Morgan fingerprint density at radius 3 is 2.42 bits per heavy atom. The first-order valence-electron chi connectivity index (χ1n) is 5.25. The Hall–Kier alpha value is -0.490. The van der Waals surface area contributed by atoms with E-state index < -0.39 is 17.7 Å². The summed E-state index contributed by atoms with van der Waals surface area (Å²) >= 11 is 12.2. The largest absolute Gasteiger partial charge is 0.320 e. The fraction of sp³-hybridized carbons (Fsp3) is 0.0769. The van der Waals surface area contributed by atoms with Crippen molar-refractivity contribution in [2.75, 3.05) is 0 Å². The van der Waals surface area contributed by atoms with E-state index in [1.54, 1.807) is 18.2 Å². The van der Waals surface area contributed by atoms with Crippen molar-refractivity contribution in [3.8, 4) is 0 Å². The lowest BCUT2D eigenvalue weighted by atomic mass is 9.98. The molecule has 1 unspecified atom stereocenters. The molecular weight excluding hydrogens is 403 g/mol. The quantitative estimate of drug-likeness (QED) is 0.676. The molecule has 0 aromatic heterocycles. The fourth-order valence-corrected chi connectivity index (χ4v) is 2.98. The van der Waals surface area contributed by atoms with E-state index in [1.807, 2.05) is 0 Å². The van der Waals surface area contributed by atoms with Crippen molar-refractivity contribution in [2.24, 2.45) is 5.73 Å². The second-order valence-corrected chi connectivity index (χ2v) is 6.14. The second kappa shape index (κ2) is 5.87. The summed E-state index contributed by atoms with van der Waals surface area (Å²) in [7, 11) is 0. The SMILES string of the molecule is NC(c1cc(Cl)cc(Br)c1)c1c(F)ccc(Br)c1F. The normalized spacial score (nSPS) is 12.5. The monoisotopic (exact) mass is 409 g/mol. The van der Waals surface area contributed by atoms with Crippen molar-refractivity contribution in [3.05, 3.63) is 67.1 Å². The smallest absolute Gasteiger partial charge is 0.145 e.